The number of hydrogen-bond acceptors (Lipinski definition) is 6. The molecule has 2 aromatic heterocycles. The number of ether oxygens (including phenoxy) is 1. The molecule has 1 aliphatic rings. The van der Waals surface area contributed by atoms with Crippen LogP contribution in [0, 0.1) is 0 Å². The minimum absolute atomic E-state index is 0.00306. The van der Waals surface area contributed by atoms with Crippen molar-refractivity contribution in [3.63, 3.8) is 0 Å². The van der Waals surface area contributed by atoms with Gasteiger partial charge in [-0.2, -0.15) is 4.31 Å². The van der Waals surface area contributed by atoms with Gasteiger partial charge in [0, 0.05) is 44.3 Å². The number of aromatic nitrogens is 2. The van der Waals surface area contributed by atoms with Crippen molar-refractivity contribution in [2.45, 2.75) is 17.5 Å². The van der Waals surface area contributed by atoms with Gasteiger partial charge in [0.15, 0.2) is 0 Å². The molecule has 1 atom stereocenters. The van der Waals surface area contributed by atoms with Gasteiger partial charge in [-0.3, -0.25) is 4.79 Å². The fraction of sp³-hybridized carbons (Fsp3) is 0.364. The van der Waals surface area contributed by atoms with Gasteiger partial charge < -0.3 is 19.4 Å². The van der Waals surface area contributed by atoms with Gasteiger partial charge >= 0.3 is 0 Å². The summed E-state index contributed by atoms with van der Waals surface area (Å²) in [5.74, 6) is -0.211. The maximum Gasteiger partial charge on any atom is 0.253 e. The summed E-state index contributed by atoms with van der Waals surface area (Å²) in [6.07, 6.45) is 5.17. The first-order valence-corrected chi connectivity index (χ1v) is 11.8. The smallest absolute Gasteiger partial charge is 0.253 e. The highest BCUT2D eigenvalue weighted by Gasteiger charge is 2.30. The number of carbonyl (C=O) groups excluding carboxylic acids is 1. The number of amides is 1. The Morgan fingerprint density at radius 1 is 1.22 bits per heavy atom. The fourth-order valence-corrected chi connectivity index (χ4v) is 5.02. The van der Waals surface area contributed by atoms with Crippen LogP contribution in [-0.2, 0) is 21.3 Å². The molecule has 1 N–H and O–H groups in total. The Morgan fingerprint density at radius 2 is 2.00 bits per heavy atom. The highest BCUT2D eigenvalue weighted by Crippen LogP contribution is 2.19. The molecular formula is C22H27N5O4S. The predicted octanol–water partition coefficient (Wildman–Crippen LogP) is 1.22. The predicted molar refractivity (Wildman–Crippen MR) is 120 cm³/mol. The van der Waals surface area contributed by atoms with Crippen molar-refractivity contribution >= 4 is 21.6 Å². The highest BCUT2D eigenvalue weighted by atomic mass is 32.2. The van der Waals surface area contributed by atoms with Crippen molar-refractivity contribution in [1.29, 1.82) is 0 Å². The van der Waals surface area contributed by atoms with E-state index in [9.17, 15) is 13.2 Å². The topological polar surface area (TPSA) is 96.2 Å². The zero-order valence-corrected chi connectivity index (χ0v) is 19.0. The van der Waals surface area contributed by atoms with Crippen molar-refractivity contribution in [3.8, 4) is 0 Å². The number of nitrogens with one attached hydrogen (secondary N) is 1. The number of sulfonamides is 1. The maximum absolute atomic E-state index is 13.1. The van der Waals surface area contributed by atoms with Crippen LogP contribution in [0.1, 0.15) is 15.9 Å². The van der Waals surface area contributed by atoms with E-state index in [1.807, 2.05) is 19.0 Å². The molecule has 0 saturated carbocycles. The number of likely N-dealkylation sites (N-methyl/N-ethyl adjacent to an activating group) is 1. The van der Waals surface area contributed by atoms with Gasteiger partial charge in [0.05, 0.1) is 23.7 Å². The lowest BCUT2D eigenvalue weighted by molar-refractivity contribution is 0.0950. The summed E-state index contributed by atoms with van der Waals surface area (Å²) in [7, 11) is 0.207. The summed E-state index contributed by atoms with van der Waals surface area (Å²) in [4.78, 5) is 18.8. The molecule has 0 bridgehead atoms. The number of hydrogen-bond donors (Lipinski definition) is 1. The number of carbonyl (C=O) groups is 1. The van der Waals surface area contributed by atoms with E-state index in [0.717, 1.165) is 11.2 Å². The van der Waals surface area contributed by atoms with Crippen LogP contribution in [0.2, 0.25) is 0 Å². The summed E-state index contributed by atoms with van der Waals surface area (Å²) >= 11 is 0. The number of imidazole rings is 1. The van der Waals surface area contributed by atoms with Gasteiger partial charge in [-0.1, -0.05) is 12.1 Å². The van der Waals surface area contributed by atoms with Gasteiger partial charge in [-0.15, -0.1) is 0 Å². The summed E-state index contributed by atoms with van der Waals surface area (Å²) in [5, 5.41) is 2.87. The monoisotopic (exact) mass is 457 g/mol. The van der Waals surface area contributed by atoms with Crippen LogP contribution in [0.4, 0.5) is 0 Å². The molecule has 1 fully saturated rings. The van der Waals surface area contributed by atoms with E-state index >= 15 is 0 Å². The van der Waals surface area contributed by atoms with Crippen molar-refractivity contribution in [2.75, 3.05) is 40.4 Å². The second-order valence-electron chi connectivity index (χ2n) is 7.99. The molecule has 0 spiro atoms. The van der Waals surface area contributed by atoms with E-state index in [2.05, 4.69) is 10.3 Å². The molecule has 1 unspecified atom stereocenters. The van der Waals surface area contributed by atoms with Crippen LogP contribution in [-0.4, -0.2) is 79.4 Å². The van der Waals surface area contributed by atoms with Crippen LogP contribution >= 0.6 is 0 Å². The average molecular weight is 458 g/mol. The molecule has 0 radical (unpaired) electrons. The minimum Gasteiger partial charge on any atom is -0.378 e. The molecule has 1 amide bonds. The highest BCUT2D eigenvalue weighted by molar-refractivity contribution is 7.89. The van der Waals surface area contributed by atoms with Gasteiger partial charge in [0.1, 0.15) is 5.65 Å². The normalized spacial score (nSPS) is 18.0. The van der Waals surface area contributed by atoms with Crippen LogP contribution in [0.5, 0.6) is 0 Å². The van der Waals surface area contributed by atoms with E-state index in [-0.39, 0.29) is 16.8 Å². The van der Waals surface area contributed by atoms with E-state index < -0.39 is 10.0 Å². The van der Waals surface area contributed by atoms with Gasteiger partial charge in [-0.25, -0.2) is 13.4 Å². The Kier molecular flexibility index (Phi) is 6.56. The van der Waals surface area contributed by atoms with Crippen LogP contribution in [0.25, 0.3) is 5.65 Å². The quantitative estimate of drug-likeness (QED) is 0.598. The number of pyridine rings is 1. The number of fused-ring (bicyclic) bond motifs is 1. The Labute approximate surface area is 187 Å². The number of nitrogens with zero attached hydrogens (tertiary/aromatic N) is 4. The van der Waals surface area contributed by atoms with Gasteiger partial charge in [0.2, 0.25) is 10.0 Å². The molecule has 32 heavy (non-hydrogen) atoms. The third kappa shape index (κ3) is 4.83. The molecule has 10 heteroatoms. The first kappa shape index (κ1) is 22.4. The SMILES string of the molecule is CN(C)C1COCCN(S(=O)(=O)c2ccc(CNC(=O)c3ccc4nccn4c3)cc2)C1. The lowest BCUT2D eigenvalue weighted by Crippen LogP contribution is -2.43. The maximum atomic E-state index is 13.1. The fourth-order valence-electron chi connectivity index (χ4n) is 3.56. The molecular weight excluding hydrogens is 430 g/mol. The third-order valence-electron chi connectivity index (χ3n) is 5.61. The van der Waals surface area contributed by atoms with Crippen molar-refractivity contribution < 1.29 is 17.9 Å². The van der Waals surface area contributed by atoms with Crippen molar-refractivity contribution in [2.24, 2.45) is 0 Å². The number of rotatable bonds is 6. The van der Waals surface area contributed by atoms with Gasteiger partial charge in [0.25, 0.3) is 5.91 Å². The number of benzene rings is 1. The summed E-state index contributed by atoms with van der Waals surface area (Å²) in [5.41, 5.74) is 2.10. The zero-order chi connectivity index (χ0) is 22.7. The third-order valence-corrected chi connectivity index (χ3v) is 7.48. The molecule has 4 rings (SSSR count). The van der Waals surface area contributed by atoms with E-state index in [1.165, 1.54) is 4.31 Å². The molecule has 1 aliphatic heterocycles. The summed E-state index contributed by atoms with van der Waals surface area (Å²) < 4.78 is 35.1. The van der Waals surface area contributed by atoms with E-state index in [1.54, 1.807) is 59.4 Å². The standard InChI is InChI=1S/C22H27N5O4S/c1-25(2)19-15-27(11-12-31-16-19)32(29,30)20-6-3-17(4-7-20)13-24-22(28)18-5-8-21-23-9-10-26(21)14-18/h3-10,14,19H,11-13,15-16H2,1-2H3,(H,24,28). The molecule has 0 aliphatic carbocycles. The largest absolute Gasteiger partial charge is 0.378 e. The summed E-state index contributed by atoms with van der Waals surface area (Å²) in [6, 6.07) is 10.1. The molecule has 9 nitrogen and oxygen atoms in total. The van der Waals surface area contributed by atoms with Crippen molar-refractivity contribution in [3.05, 3.63) is 66.1 Å². The summed E-state index contributed by atoms with van der Waals surface area (Å²) in [6.45, 7) is 1.88. The lowest BCUT2D eigenvalue weighted by Gasteiger charge is -2.27. The Hall–Kier alpha value is -2.79. The average Bonchev–Trinajstić information content (AvgIpc) is 3.10. The first-order valence-electron chi connectivity index (χ1n) is 10.4. The second-order valence-corrected chi connectivity index (χ2v) is 9.93. The van der Waals surface area contributed by atoms with Crippen LogP contribution in [0.3, 0.4) is 0 Å². The van der Waals surface area contributed by atoms with Crippen molar-refractivity contribution in [1.82, 2.24) is 23.9 Å². The Balaban J connectivity index is 1.41. The molecule has 170 valence electrons. The minimum atomic E-state index is -3.63. The van der Waals surface area contributed by atoms with Gasteiger partial charge in [-0.05, 0) is 43.9 Å². The van der Waals surface area contributed by atoms with Crippen LogP contribution < -0.4 is 5.32 Å². The Bertz CT molecular complexity index is 1190. The molecule has 3 aromatic rings. The van der Waals surface area contributed by atoms with Crippen LogP contribution in [0.15, 0.2) is 59.9 Å². The molecule has 1 saturated heterocycles. The Morgan fingerprint density at radius 3 is 2.75 bits per heavy atom. The first-order chi connectivity index (χ1) is 15.3. The van der Waals surface area contributed by atoms with E-state index in [0.29, 0.717) is 38.4 Å². The lowest BCUT2D eigenvalue weighted by atomic mass is 10.2. The molecule has 3 heterocycles. The zero-order valence-electron chi connectivity index (χ0n) is 18.1. The second kappa shape index (κ2) is 9.37. The molecule has 1 aromatic carbocycles. The van der Waals surface area contributed by atoms with E-state index in [4.69, 9.17) is 4.74 Å².